The molecule has 8 nitrogen and oxygen atoms in total. The van der Waals surface area contributed by atoms with Crippen LogP contribution in [0.5, 0.6) is 0 Å². The summed E-state index contributed by atoms with van der Waals surface area (Å²) in [6, 6.07) is 2.92. The molecule has 1 atom stereocenters. The summed E-state index contributed by atoms with van der Waals surface area (Å²) in [6.45, 7) is 4.70. The van der Waals surface area contributed by atoms with Crippen molar-refractivity contribution < 1.29 is 9.32 Å². The molecule has 1 N–H and O–H groups in total. The summed E-state index contributed by atoms with van der Waals surface area (Å²) in [4.78, 5) is 29.8. The molecule has 2 aromatic rings. The van der Waals surface area contributed by atoms with Crippen LogP contribution >= 0.6 is 0 Å². The topological polar surface area (TPSA) is 105 Å². The van der Waals surface area contributed by atoms with E-state index in [-0.39, 0.29) is 23.4 Å². The van der Waals surface area contributed by atoms with Crippen LogP contribution in [0, 0.1) is 0 Å². The number of aromatic amines is 1. The zero-order valence-electron chi connectivity index (χ0n) is 13.9. The monoisotopic (exact) mass is 331 g/mol. The molecule has 1 aliphatic heterocycles. The van der Waals surface area contributed by atoms with E-state index in [4.69, 9.17) is 4.52 Å². The van der Waals surface area contributed by atoms with Gasteiger partial charge in [-0.3, -0.25) is 9.59 Å². The molecule has 0 aromatic carbocycles. The number of rotatable bonds is 5. The van der Waals surface area contributed by atoms with Gasteiger partial charge in [-0.25, -0.2) is 5.10 Å². The first-order valence-electron chi connectivity index (χ1n) is 8.22. The lowest BCUT2D eigenvalue weighted by molar-refractivity contribution is -0.132. The van der Waals surface area contributed by atoms with Crippen molar-refractivity contribution in [2.75, 3.05) is 6.54 Å². The van der Waals surface area contributed by atoms with Crippen LogP contribution in [0.1, 0.15) is 62.5 Å². The lowest BCUT2D eigenvalue weighted by atomic mass is 10.1. The number of H-pyrrole nitrogens is 1. The van der Waals surface area contributed by atoms with Crippen LogP contribution in [-0.2, 0) is 11.2 Å². The van der Waals surface area contributed by atoms with Crippen molar-refractivity contribution in [3.63, 3.8) is 0 Å². The van der Waals surface area contributed by atoms with E-state index < -0.39 is 0 Å². The molecule has 128 valence electrons. The summed E-state index contributed by atoms with van der Waals surface area (Å²) in [5.41, 5.74) is 0.445. The highest BCUT2D eigenvalue weighted by Gasteiger charge is 2.33. The van der Waals surface area contributed by atoms with E-state index in [1.165, 1.54) is 6.07 Å². The van der Waals surface area contributed by atoms with Gasteiger partial charge in [0.15, 0.2) is 5.82 Å². The first-order chi connectivity index (χ1) is 11.5. The molecule has 3 rings (SSSR count). The molecule has 1 saturated heterocycles. The molecular weight excluding hydrogens is 310 g/mol. The number of carbonyl (C=O) groups excluding carboxylic acids is 1. The molecule has 0 spiro atoms. The highest BCUT2D eigenvalue weighted by atomic mass is 16.5. The predicted octanol–water partition coefficient (Wildman–Crippen LogP) is 1.57. The van der Waals surface area contributed by atoms with Gasteiger partial charge in [0.25, 0.3) is 5.56 Å². The highest BCUT2D eigenvalue weighted by Crippen LogP contribution is 2.32. The minimum absolute atomic E-state index is 0.0368. The van der Waals surface area contributed by atoms with E-state index in [9.17, 15) is 9.59 Å². The number of amides is 1. The molecule has 8 heteroatoms. The van der Waals surface area contributed by atoms with E-state index in [0.717, 1.165) is 12.8 Å². The summed E-state index contributed by atoms with van der Waals surface area (Å²) >= 11 is 0. The zero-order valence-corrected chi connectivity index (χ0v) is 13.9. The maximum Gasteiger partial charge on any atom is 0.264 e. The third-order valence-corrected chi connectivity index (χ3v) is 4.16. The molecule has 1 aliphatic rings. The standard InChI is InChI=1S/C16H21N5O3/c1-10(2)15-17-16(24-20-15)12-4-3-9-21(12)14(23)8-6-11-5-7-13(22)19-18-11/h5,7,10,12H,3-4,6,8-9H2,1-2H3,(H,19,22)/t12-/m0/s1. The zero-order chi connectivity index (χ0) is 17.1. The number of nitrogens with zero attached hydrogens (tertiary/aromatic N) is 4. The third-order valence-electron chi connectivity index (χ3n) is 4.16. The Balaban J connectivity index is 1.64. The Hall–Kier alpha value is -2.51. The normalized spacial score (nSPS) is 17.6. The van der Waals surface area contributed by atoms with Crippen LogP contribution in [-0.4, -0.2) is 37.7 Å². The van der Waals surface area contributed by atoms with Crippen molar-refractivity contribution in [3.05, 3.63) is 39.9 Å². The minimum Gasteiger partial charge on any atom is -0.337 e. The second-order valence-electron chi connectivity index (χ2n) is 6.30. The number of aryl methyl sites for hydroxylation is 1. The van der Waals surface area contributed by atoms with Crippen LogP contribution < -0.4 is 5.56 Å². The second-order valence-corrected chi connectivity index (χ2v) is 6.30. The van der Waals surface area contributed by atoms with Crippen LogP contribution in [0.4, 0.5) is 0 Å². The molecule has 2 aromatic heterocycles. The largest absolute Gasteiger partial charge is 0.337 e. The summed E-state index contributed by atoms with van der Waals surface area (Å²) in [7, 11) is 0. The fourth-order valence-corrected chi connectivity index (χ4v) is 2.83. The Morgan fingerprint density at radius 3 is 2.96 bits per heavy atom. The van der Waals surface area contributed by atoms with Crippen LogP contribution in [0.25, 0.3) is 0 Å². The van der Waals surface area contributed by atoms with Gasteiger partial charge in [-0.2, -0.15) is 10.1 Å². The quantitative estimate of drug-likeness (QED) is 0.891. The SMILES string of the molecule is CC(C)c1noc([C@@H]2CCCN2C(=O)CCc2ccc(=O)[nH]n2)n1. The first kappa shape index (κ1) is 16.4. The van der Waals surface area contributed by atoms with Crippen LogP contribution in [0.3, 0.4) is 0 Å². The Kier molecular flexibility index (Phi) is 4.73. The number of aromatic nitrogens is 4. The number of likely N-dealkylation sites (tertiary alicyclic amines) is 1. The average molecular weight is 331 g/mol. The third kappa shape index (κ3) is 3.52. The van der Waals surface area contributed by atoms with Crippen molar-refractivity contribution in [1.29, 1.82) is 0 Å². The van der Waals surface area contributed by atoms with Crippen molar-refractivity contribution >= 4 is 5.91 Å². The lowest BCUT2D eigenvalue weighted by Crippen LogP contribution is -2.31. The fourth-order valence-electron chi connectivity index (χ4n) is 2.83. The summed E-state index contributed by atoms with van der Waals surface area (Å²) in [6.07, 6.45) is 2.58. The van der Waals surface area contributed by atoms with Gasteiger partial charge in [0, 0.05) is 31.4 Å². The fraction of sp³-hybridized carbons (Fsp3) is 0.562. The van der Waals surface area contributed by atoms with Gasteiger partial charge in [-0.05, 0) is 18.9 Å². The Labute approximate surface area is 139 Å². The van der Waals surface area contributed by atoms with E-state index in [2.05, 4.69) is 20.3 Å². The van der Waals surface area contributed by atoms with E-state index in [1.54, 1.807) is 6.07 Å². The molecule has 1 amide bonds. The maximum atomic E-state index is 12.5. The highest BCUT2D eigenvalue weighted by molar-refractivity contribution is 5.77. The number of hydrogen-bond donors (Lipinski definition) is 1. The van der Waals surface area contributed by atoms with Crippen LogP contribution in [0.15, 0.2) is 21.5 Å². The Bertz CT molecular complexity index is 747. The van der Waals surface area contributed by atoms with Gasteiger partial charge in [0.1, 0.15) is 6.04 Å². The molecule has 0 unspecified atom stereocenters. The summed E-state index contributed by atoms with van der Waals surface area (Å²) in [5, 5.41) is 10.3. The van der Waals surface area contributed by atoms with Crippen molar-refractivity contribution in [2.24, 2.45) is 0 Å². The predicted molar refractivity (Wildman–Crippen MR) is 85.3 cm³/mol. The van der Waals surface area contributed by atoms with E-state index in [0.29, 0.717) is 36.8 Å². The molecule has 0 radical (unpaired) electrons. The molecule has 0 bridgehead atoms. The van der Waals surface area contributed by atoms with E-state index in [1.807, 2.05) is 18.7 Å². The molecule has 0 saturated carbocycles. The number of nitrogens with one attached hydrogen (secondary N) is 1. The number of carbonyl (C=O) groups is 1. The van der Waals surface area contributed by atoms with Gasteiger partial charge in [0.2, 0.25) is 11.8 Å². The van der Waals surface area contributed by atoms with Gasteiger partial charge in [0.05, 0.1) is 5.69 Å². The first-order valence-corrected chi connectivity index (χ1v) is 8.22. The molecule has 24 heavy (non-hydrogen) atoms. The van der Waals surface area contributed by atoms with Crippen LogP contribution in [0.2, 0.25) is 0 Å². The lowest BCUT2D eigenvalue weighted by Gasteiger charge is -2.21. The van der Waals surface area contributed by atoms with Gasteiger partial charge in [-0.1, -0.05) is 19.0 Å². The number of hydrogen-bond acceptors (Lipinski definition) is 6. The average Bonchev–Trinajstić information content (AvgIpc) is 3.22. The van der Waals surface area contributed by atoms with Gasteiger partial charge >= 0.3 is 0 Å². The van der Waals surface area contributed by atoms with Gasteiger partial charge < -0.3 is 9.42 Å². The molecular formula is C16H21N5O3. The van der Waals surface area contributed by atoms with Crippen molar-refractivity contribution in [1.82, 2.24) is 25.2 Å². The van der Waals surface area contributed by atoms with Crippen molar-refractivity contribution in [2.45, 2.75) is 51.5 Å². The minimum atomic E-state index is -0.248. The Morgan fingerprint density at radius 1 is 1.46 bits per heavy atom. The van der Waals surface area contributed by atoms with Gasteiger partial charge in [-0.15, -0.1) is 0 Å². The molecule has 0 aliphatic carbocycles. The van der Waals surface area contributed by atoms with E-state index >= 15 is 0 Å². The molecule has 1 fully saturated rings. The maximum absolute atomic E-state index is 12.5. The Morgan fingerprint density at radius 2 is 2.29 bits per heavy atom. The molecule has 3 heterocycles. The summed E-state index contributed by atoms with van der Waals surface area (Å²) < 4.78 is 5.36. The summed E-state index contributed by atoms with van der Waals surface area (Å²) in [5.74, 6) is 1.42. The van der Waals surface area contributed by atoms with Crippen molar-refractivity contribution in [3.8, 4) is 0 Å². The second kappa shape index (κ2) is 6.94. The smallest absolute Gasteiger partial charge is 0.264 e.